The van der Waals surface area contributed by atoms with Gasteiger partial charge in [-0.05, 0) is 64.8 Å². The van der Waals surface area contributed by atoms with Crippen molar-refractivity contribution in [3.63, 3.8) is 0 Å². The number of aromatic hydroxyl groups is 1. The van der Waals surface area contributed by atoms with Gasteiger partial charge in [0.25, 0.3) is 0 Å². The SMILES string of the molecule is BC(B)(B)N1CCC(C)(S(=O)(=O)c2c(Cl)ccc(NC(=O)N[C@@H]3CCC=C3C)c2O)CC1. The van der Waals surface area contributed by atoms with Gasteiger partial charge >= 0.3 is 6.03 Å². The second-order valence-corrected chi connectivity index (χ2v) is 12.9. The highest BCUT2D eigenvalue weighted by Crippen LogP contribution is 2.44. The van der Waals surface area contributed by atoms with Crippen molar-refractivity contribution in [1.82, 2.24) is 10.2 Å². The normalized spacial score (nSPS) is 21.7. The summed E-state index contributed by atoms with van der Waals surface area (Å²) < 4.78 is 26.3. The number of anilines is 1. The van der Waals surface area contributed by atoms with E-state index >= 15 is 0 Å². The fraction of sp³-hybridized carbons (Fsp3) is 0.550. The average Bonchev–Trinajstić information content (AvgIpc) is 3.08. The maximum absolute atomic E-state index is 13.7. The molecule has 1 aliphatic heterocycles. The summed E-state index contributed by atoms with van der Waals surface area (Å²) in [4.78, 5) is 14.4. The number of phenolic OH excluding ortho intramolecular Hbond substituents is 1. The number of amides is 2. The molecule has 2 aliphatic rings. The lowest BCUT2D eigenvalue weighted by molar-refractivity contribution is 0.199. The van der Waals surface area contributed by atoms with Crippen molar-refractivity contribution >= 4 is 56.7 Å². The van der Waals surface area contributed by atoms with Gasteiger partial charge in [0.2, 0.25) is 0 Å². The topological polar surface area (TPSA) is 98.7 Å². The molecule has 0 aromatic heterocycles. The minimum absolute atomic E-state index is 0.0147. The summed E-state index contributed by atoms with van der Waals surface area (Å²) in [6.45, 7) is 4.92. The zero-order valence-electron chi connectivity index (χ0n) is 19.5. The van der Waals surface area contributed by atoms with Gasteiger partial charge in [0, 0.05) is 0 Å². The number of likely N-dealkylation sites (tertiary alicyclic amines) is 1. The van der Waals surface area contributed by atoms with Crippen LogP contribution in [0, 0.1) is 0 Å². The molecule has 172 valence electrons. The number of nitrogens with zero attached hydrogens (tertiary/aromatic N) is 1. The predicted octanol–water partition coefficient (Wildman–Crippen LogP) is 0.415. The first-order chi connectivity index (χ1) is 14.8. The Morgan fingerprint density at radius 3 is 2.44 bits per heavy atom. The Balaban J connectivity index is 1.84. The van der Waals surface area contributed by atoms with Gasteiger partial charge in [-0.3, -0.25) is 0 Å². The predicted molar refractivity (Wildman–Crippen MR) is 137 cm³/mol. The van der Waals surface area contributed by atoms with Crippen LogP contribution in [0.5, 0.6) is 5.75 Å². The van der Waals surface area contributed by atoms with Gasteiger partial charge in [0.05, 0.1) is 21.5 Å². The molecular formula is C20H31B3ClN3O4S. The van der Waals surface area contributed by atoms with Crippen LogP contribution in [0.25, 0.3) is 0 Å². The van der Waals surface area contributed by atoms with E-state index < -0.39 is 26.4 Å². The number of nitrogens with one attached hydrogen (secondary N) is 2. The fourth-order valence-electron chi connectivity index (χ4n) is 4.42. The number of hydrogen-bond acceptors (Lipinski definition) is 5. The fourth-order valence-corrected chi connectivity index (χ4v) is 6.78. The number of carbonyl (C=O) groups excluding carboxylic acids is 1. The molecule has 32 heavy (non-hydrogen) atoms. The molecule has 1 saturated heterocycles. The smallest absolute Gasteiger partial charge is 0.319 e. The van der Waals surface area contributed by atoms with Crippen molar-refractivity contribution in [2.24, 2.45) is 0 Å². The lowest BCUT2D eigenvalue weighted by atomic mass is 9.48. The number of sulfone groups is 1. The molecule has 2 amide bonds. The van der Waals surface area contributed by atoms with Crippen molar-refractivity contribution < 1.29 is 18.3 Å². The summed E-state index contributed by atoms with van der Waals surface area (Å²) in [6.07, 6.45) is 4.63. The van der Waals surface area contributed by atoms with Crippen LogP contribution in [-0.4, -0.2) is 77.1 Å². The van der Waals surface area contributed by atoms with Gasteiger partial charge in [0.15, 0.2) is 15.6 Å². The summed E-state index contributed by atoms with van der Waals surface area (Å²) in [5, 5.41) is 16.2. The Morgan fingerprint density at radius 1 is 1.28 bits per heavy atom. The third-order valence-electron chi connectivity index (χ3n) is 6.80. The monoisotopic (exact) mass is 477 g/mol. The molecule has 0 saturated carbocycles. The van der Waals surface area contributed by atoms with E-state index in [2.05, 4.69) is 45.1 Å². The number of carbonyl (C=O) groups is 1. The van der Waals surface area contributed by atoms with Crippen LogP contribution in [-0.2, 0) is 9.84 Å². The molecule has 1 aromatic rings. The molecule has 1 atom stereocenters. The van der Waals surface area contributed by atoms with E-state index in [1.165, 1.54) is 12.1 Å². The van der Waals surface area contributed by atoms with Gasteiger partial charge in [-0.1, -0.05) is 28.5 Å². The third kappa shape index (κ3) is 4.85. The van der Waals surface area contributed by atoms with Crippen molar-refractivity contribution in [3.8, 4) is 5.75 Å². The first-order valence-corrected chi connectivity index (χ1v) is 12.9. The van der Waals surface area contributed by atoms with Crippen molar-refractivity contribution in [2.45, 2.75) is 60.5 Å². The molecule has 0 radical (unpaired) electrons. The molecule has 3 rings (SSSR count). The number of halogens is 1. The van der Waals surface area contributed by atoms with Crippen molar-refractivity contribution in [1.29, 1.82) is 0 Å². The van der Waals surface area contributed by atoms with Crippen LogP contribution in [0.15, 0.2) is 28.7 Å². The van der Waals surface area contributed by atoms with Gasteiger partial charge in [-0.2, -0.15) is 0 Å². The number of hydrogen-bond donors (Lipinski definition) is 3. The van der Waals surface area contributed by atoms with Crippen LogP contribution < -0.4 is 10.6 Å². The minimum atomic E-state index is -3.97. The molecule has 0 spiro atoms. The number of allylic oxidation sites excluding steroid dienone is 1. The molecule has 0 unspecified atom stereocenters. The maximum atomic E-state index is 13.7. The van der Waals surface area contributed by atoms with Crippen molar-refractivity contribution in [2.75, 3.05) is 18.4 Å². The van der Waals surface area contributed by atoms with E-state index in [1.807, 2.05) is 6.92 Å². The maximum Gasteiger partial charge on any atom is 0.319 e. The van der Waals surface area contributed by atoms with Gasteiger partial charge < -0.3 is 20.6 Å². The van der Waals surface area contributed by atoms with Gasteiger partial charge in [-0.15, -0.1) is 0 Å². The Morgan fingerprint density at radius 2 is 1.91 bits per heavy atom. The standard InChI is InChI=1S/C20H31B3ClN3O4S/c1-12-4-3-5-14(12)25-18(29)26-15-7-6-13(24)17(16(15)28)32(30,31)19(2)8-10-27(11-9-19)20(21,22)23/h4,6-7,14,28H,3,5,8-11,21-23H2,1-2H3,(H2,25,26,29)/t14-/m1/s1. The second-order valence-electron chi connectivity index (χ2n) is 10.1. The Bertz CT molecular complexity index is 1040. The van der Waals surface area contributed by atoms with E-state index in [-0.39, 0.29) is 26.9 Å². The zero-order valence-corrected chi connectivity index (χ0v) is 21.0. The zero-order chi connectivity index (χ0) is 23.9. The van der Waals surface area contributed by atoms with Crippen LogP contribution in [0.1, 0.15) is 39.5 Å². The summed E-state index contributed by atoms with van der Waals surface area (Å²) in [5.41, 5.74) is 1.10. The number of phenols is 1. The highest BCUT2D eigenvalue weighted by molar-refractivity contribution is 7.93. The highest BCUT2D eigenvalue weighted by Gasteiger charge is 2.46. The summed E-state index contributed by atoms with van der Waals surface area (Å²) in [6, 6.07) is 2.24. The first-order valence-electron chi connectivity index (χ1n) is 11.0. The Labute approximate surface area is 198 Å². The molecule has 3 N–H and O–H groups in total. The lowest BCUT2D eigenvalue weighted by Crippen LogP contribution is -2.57. The number of urea groups is 1. The van der Waals surface area contributed by atoms with Crippen LogP contribution in [0.3, 0.4) is 0 Å². The quantitative estimate of drug-likeness (QED) is 0.324. The van der Waals surface area contributed by atoms with Gasteiger partial charge in [-0.25, -0.2) is 13.2 Å². The molecule has 12 heteroatoms. The molecule has 1 aromatic carbocycles. The summed E-state index contributed by atoms with van der Waals surface area (Å²) in [5.74, 6) is -0.522. The summed E-state index contributed by atoms with van der Waals surface area (Å²) >= 11 is 6.28. The molecule has 7 nitrogen and oxygen atoms in total. The lowest BCUT2D eigenvalue weighted by Gasteiger charge is -2.45. The largest absolute Gasteiger partial charge is 0.504 e. The first kappa shape index (κ1) is 25.1. The minimum Gasteiger partial charge on any atom is -0.504 e. The summed E-state index contributed by atoms with van der Waals surface area (Å²) in [7, 11) is 2.35. The number of rotatable bonds is 5. The van der Waals surface area contributed by atoms with E-state index in [1.54, 1.807) is 6.92 Å². The van der Waals surface area contributed by atoms with Crippen molar-refractivity contribution in [3.05, 3.63) is 28.8 Å². The third-order valence-corrected chi connectivity index (χ3v) is 9.88. The molecule has 1 fully saturated rings. The molecule has 1 aliphatic carbocycles. The number of benzene rings is 1. The van der Waals surface area contributed by atoms with E-state index in [9.17, 15) is 18.3 Å². The Hall–Kier alpha value is -1.58. The van der Waals surface area contributed by atoms with Gasteiger partial charge in [0.1, 0.15) is 28.4 Å². The van der Waals surface area contributed by atoms with Crippen LogP contribution in [0.2, 0.25) is 5.02 Å². The van der Waals surface area contributed by atoms with E-state index in [0.29, 0.717) is 25.9 Å². The highest BCUT2D eigenvalue weighted by atomic mass is 35.5. The molecule has 0 bridgehead atoms. The van der Waals surface area contributed by atoms with Crippen LogP contribution >= 0.6 is 11.6 Å². The number of piperidine rings is 1. The second kappa shape index (κ2) is 8.99. The molecular weight excluding hydrogens is 446 g/mol. The molecule has 1 heterocycles. The van der Waals surface area contributed by atoms with E-state index in [4.69, 9.17) is 11.6 Å². The van der Waals surface area contributed by atoms with Crippen LogP contribution in [0.4, 0.5) is 10.5 Å². The van der Waals surface area contributed by atoms with E-state index in [0.717, 1.165) is 18.4 Å². The average molecular weight is 477 g/mol. The Kier molecular flexibility index (Phi) is 7.04.